The van der Waals surface area contributed by atoms with Crippen LogP contribution in [-0.4, -0.2) is 12.3 Å². The molecule has 0 fully saturated rings. The smallest absolute Gasteiger partial charge is 0.406 e. The zero-order valence-electron chi connectivity index (χ0n) is 12.0. The molecule has 1 atom stereocenters. The number of rotatable bonds is 4. The first kappa shape index (κ1) is 16.8. The maximum absolute atomic E-state index is 13.6. The van der Waals surface area contributed by atoms with Crippen molar-refractivity contribution in [3.63, 3.8) is 0 Å². The zero-order chi connectivity index (χ0) is 17.0. The molecule has 2 aromatic rings. The number of amides is 1. The van der Waals surface area contributed by atoms with Crippen LogP contribution < -0.4 is 10.1 Å². The molecule has 23 heavy (non-hydrogen) atoms. The molecule has 122 valence electrons. The van der Waals surface area contributed by atoms with Gasteiger partial charge < -0.3 is 10.1 Å². The van der Waals surface area contributed by atoms with Crippen molar-refractivity contribution in [2.45, 2.75) is 19.3 Å². The first-order valence-electron chi connectivity index (χ1n) is 6.67. The van der Waals surface area contributed by atoms with Crippen LogP contribution in [0.15, 0.2) is 48.5 Å². The van der Waals surface area contributed by atoms with E-state index in [1.807, 2.05) is 0 Å². The van der Waals surface area contributed by atoms with Crippen LogP contribution in [0.2, 0.25) is 0 Å². The predicted octanol–water partition coefficient (Wildman–Crippen LogP) is 4.22. The number of ether oxygens (including phenoxy) is 1. The van der Waals surface area contributed by atoms with E-state index < -0.39 is 29.9 Å². The molecule has 0 aliphatic carbocycles. The van der Waals surface area contributed by atoms with Gasteiger partial charge in [0.25, 0.3) is 5.91 Å². The van der Waals surface area contributed by atoms with Gasteiger partial charge >= 0.3 is 6.36 Å². The van der Waals surface area contributed by atoms with E-state index in [0.717, 1.165) is 12.1 Å². The van der Waals surface area contributed by atoms with Gasteiger partial charge in [-0.1, -0.05) is 18.2 Å². The normalized spacial score (nSPS) is 12.6. The molecule has 2 rings (SSSR count). The van der Waals surface area contributed by atoms with Gasteiger partial charge in [0.1, 0.15) is 11.6 Å². The lowest BCUT2D eigenvalue weighted by atomic mass is 10.1. The summed E-state index contributed by atoms with van der Waals surface area (Å²) in [5.74, 6) is -1.40. The molecule has 0 saturated heterocycles. The van der Waals surface area contributed by atoms with E-state index in [4.69, 9.17) is 0 Å². The number of nitrogens with one attached hydrogen (secondary N) is 1. The fraction of sp³-hybridized carbons (Fsp3) is 0.188. The summed E-state index contributed by atoms with van der Waals surface area (Å²) in [7, 11) is 0. The summed E-state index contributed by atoms with van der Waals surface area (Å²) < 4.78 is 53.5. The quantitative estimate of drug-likeness (QED) is 0.854. The Morgan fingerprint density at radius 2 is 1.70 bits per heavy atom. The fourth-order valence-electron chi connectivity index (χ4n) is 1.99. The van der Waals surface area contributed by atoms with Gasteiger partial charge in [-0.25, -0.2) is 4.39 Å². The minimum atomic E-state index is -4.79. The highest BCUT2D eigenvalue weighted by molar-refractivity contribution is 5.94. The lowest BCUT2D eigenvalue weighted by molar-refractivity contribution is -0.274. The van der Waals surface area contributed by atoms with E-state index in [2.05, 4.69) is 10.1 Å². The van der Waals surface area contributed by atoms with E-state index in [1.54, 1.807) is 19.1 Å². The third kappa shape index (κ3) is 4.70. The molecule has 0 aromatic heterocycles. The molecule has 0 aliphatic heterocycles. The van der Waals surface area contributed by atoms with E-state index in [9.17, 15) is 22.4 Å². The van der Waals surface area contributed by atoms with Gasteiger partial charge in [-0.3, -0.25) is 4.79 Å². The molecule has 7 heteroatoms. The molecule has 0 spiro atoms. The van der Waals surface area contributed by atoms with Crippen molar-refractivity contribution in [2.24, 2.45) is 0 Å². The fourth-order valence-corrected chi connectivity index (χ4v) is 1.99. The summed E-state index contributed by atoms with van der Waals surface area (Å²) in [6, 6.07) is 9.88. The van der Waals surface area contributed by atoms with Crippen molar-refractivity contribution >= 4 is 5.91 Å². The lowest BCUT2D eigenvalue weighted by Crippen LogP contribution is -2.27. The van der Waals surface area contributed by atoms with Crippen molar-refractivity contribution < 1.29 is 27.1 Å². The molecular weight excluding hydrogens is 314 g/mol. The third-order valence-corrected chi connectivity index (χ3v) is 3.07. The maximum Gasteiger partial charge on any atom is 0.573 e. The number of hydrogen-bond donors (Lipinski definition) is 1. The van der Waals surface area contributed by atoms with Gasteiger partial charge in [0.05, 0.1) is 6.04 Å². The van der Waals surface area contributed by atoms with E-state index in [0.29, 0.717) is 5.56 Å². The van der Waals surface area contributed by atoms with Crippen LogP contribution in [0.5, 0.6) is 5.75 Å². The van der Waals surface area contributed by atoms with Crippen molar-refractivity contribution in [3.05, 3.63) is 65.5 Å². The van der Waals surface area contributed by atoms with Crippen molar-refractivity contribution in [1.82, 2.24) is 5.32 Å². The van der Waals surface area contributed by atoms with Crippen LogP contribution in [0.1, 0.15) is 28.9 Å². The first-order valence-corrected chi connectivity index (χ1v) is 6.67. The number of halogens is 4. The first-order chi connectivity index (χ1) is 10.8. The molecule has 0 unspecified atom stereocenters. The monoisotopic (exact) mass is 327 g/mol. The molecule has 1 amide bonds. The van der Waals surface area contributed by atoms with Crippen molar-refractivity contribution in [1.29, 1.82) is 0 Å². The van der Waals surface area contributed by atoms with Gasteiger partial charge in [-0.2, -0.15) is 0 Å². The van der Waals surface area contributed by atoms with Crippen molar-refractivity contribution in [2.75, 3.05) is 0 Å². The van der Waals surface area contributed by atoms with Gasteiger partial charge in [-0.15, -0.1) is 13.2 Å². The number of carbonyl (C=O) groups is 1. The summed E-state index contributed by atoms with van der Waals surface area (Å²) in [5.41, 5.74) is 0.459. The summed E-state index contributed by atoms with van der Waals surface area (Å²) >= 11 is 0. The molecule has 3 nitrogen and oxygen atoms in total. The summed E-state index contributed by atoms with van der Waals surface area (Å²) in [4.78, 5) is 12.0. The molecule has 0 radical (unpaired) electrons. The Balaban J connectivity index is 2.05. The van der Waals surface area contributed by atoms with Gasteiger partial charge in [0, 0.05) is 11.1 Å². The third-order valence-electron chi connectivity index (χ3n) is 3.07. The van der Waals surface area contributed by atoms with Crippen LogP contribution in [0.3, 0.4) is 0 Å². The number of hydrogen-bond acceptors (Lipinski definition) is 2. The van der Waals surface area contributed by atoms with E-state index >= 15 is 0 Å². The average molecular weight is 327 g/mol. The van der Waals surface area contributed by atoms with E-state index in [1.165, 1.54) is 24.3 Å². The topological polar surface area (TPSA) is 38.3 Å². The minimum absolute atomic E-state index is 0.141. The summed E-state index contributed by atoms with van der Waals surface area (Å²) in [5, 5.41) is 2.58. The summed E-state index contributed by atoms with van der Waals surface area (Å²) in [6.07, 6.45) is -4.79. The van der Waals surface area contributed by atoms with E-state index in [-0.39, 0.29) is 5.56 Å². The Morgan fingerprint density at radius 1 is 1.09 bits per heavy atom. The number of carbonyl (C=O) groups excluding carboxylic acids is 1. The molecule has 0 saturated carbocycles. The SMILES string of the molecule is C[C@H](NC(=O)c1ccc(OC(F)(F)F)cc1)c1ccccc1F. The van der Waals surface area contributed by atoms with Crippen LogP contribution in [-0.2, 0) is 0 Å². The second-order valence-electron chi connectivity index (χ2n) is 4.79. The van der Waals surface area contributed by atoms with Crippen LogP contribution in [0.25, 0.3) is 0 Å². The Morgan fingerprint density at radius 3 is 2.26 bits per heavy atom. The molecular formula is C16H13F4NO2. The maximum atomic E-state index is 13.6. The Kier molecular flexibility index (Phi) is 4.88. The summed E-state index contributed by atoms with van der Waals surface area (Å²) in [6.45, 7) is 1.61. The highest BCUT2D eigenvalue weighted by Crippen LogP contribution is 2.23. The van der Waals surface area contributed by atoms with Gasteiger partial charge in [0.15, 0.2) is 0 Å². The predicted molar refractivity (Wildman–Crippen MR) is 75.4 cm³/mol. The standard InChI is InChI=1S/C16H13F4NO2/c1-10(13-4-2-3-5-14(13)17)21-15(22)11-6-8-12(9-7-11)23-16(18,19)20/h2-10H,1H3,(H,21,22)/t10-/m0/s1. The van der Waals surface area contributed by atoms with Crippen LogP contribution in [0.4, 0.5) is 17.6 Å². The molecule has 0 heterocycles. The van der Waals surface area contributed by atoms with Gasteiger partial charge in [0.2, 0.25) is 0 Å². The zero-order valence-corrected chi connectivity index (χ0v) is 12.0. The number of alkyl halides is 3. The second kappa shape index (κ2) is 6.68. The molecule has 0 aliphatic rings. The minimum Gasteiger partial charge on any atom is -0.406 e. The largest absolute Gasteiger partial charge is 0.573 e. The Bertz CT molecular complexity index is 683. The van der Waals surface area contributed by atoms with Crippen LogP contribution >= 0.6 is 0 Å². The Hall–Kier alpha value is -2.57. The second-order valence-corrected chi connectivity index (χ2v) is 4.79. The molecule has 0 bridgehead atoms. The Labute approximate surface area is 129 Å². The highest BCUT2D eigenvalue weighted by atomic mass is 19.4. The van der Waals surface area contributed by atoms with Crippen molar-refractivity contribution in [3.8, 4) is 5.75 Å². The lowest BCUT2D eigenvalue weighted by Gasteiger charge is -2.15. The van der Waals surface area contributed by atoms with Crippen LogP contribution in [0, 0.1) is 5.82 Å². The number of benzene rings is 2. The molecule has 2 aromatic carbocycles. The van der Waals surface area contributed by atoms with Gasteiger partial charge in [-0.05, 0) is 37.3 Å². The highest BCUT2D eigenvalue weighted by Gasteiger charge is 2.31. The molecule has 1 N–H and O–H groups in total. The average Bonchev–Trinajstić information content (AvgIpc) is 2.46.